The Labute approximate surface area is 110 Å². The molecule has 2 aromatic rings. The summed E-state index contributed by atoms with van der Waals surface area (Å²) in [6, 6.07) is 21.4. The van der Waals surface area contributed by atoms with Crippen LogP contribution >= 0.6 is 7.92 Å². The van der Waals surface area contributed by atoms with Gasteiger partial charge in [-0.2, -0.15) is 0 Å². The predicted molar refractivity (Wildman–Crippen MR) is 83.0 cm³/mol. The molecule has 0 amide bonds. The van der Waals surface area contributed by atoms with Crippen LogP contribution in [0.1, 0.15) is 6.92 Å². The number of benzene rings is 2. The van der Waals surface area contributed by atoms with E-state index in [9.17, 15) is 0 Å². The highest BCUT2D eigenvalue weighted by Gasteiger charge is 2.08. The SMILES string of the molecule is C/C=C/C=C\P(c1ccccc1)c1ccccc1. The van der Waals surface area contributed by atoms with E-state index in [1.807, 2.05) is 6.92 Å². The highest BCUT2D eigenvalue weighted by Crippen LogP contribution is 2.34. The molecule has 2 rings (SSSR count). The zero-order valence-corrected chi connectivity index (χ0v) is 11.4. The average molecular weight is 252 g/mol. The van der Waals surface area contributed by atoms with Crippen molar-refractivity contribution in [1.82, 2.24) is 0 Å². The van der Waals surface area contributed by atoms with Gasteiger partial charge in [0, 0.05) is 0 Å². The van der Waals surface area contributed by atoms with Gasteiger partial charge in [-0.15, -0.1) is 0 Å². The Morgan fingerprint density at radius 3 is 1.67 bits per heavy atom. The minimum Gasteiger partial charge on any atom is -0.0877 e. The second-order valence-corrected chi connectivity index (χ2v) is 5.98. The van der Waals surface area contributed by atoms with Gasteiger partial charge in [0.1, 0.15) is 0 Å². The molecule has 18 heavy (non-hydrogen) atoms. The Bertz CT molecular complexity index is 472. The van der Waals surface area contributed by atoms with Gasteiger partial charge < -0.3 is 0 Å². The quantitative estimate of drug-likeness (QED) is 0.565. The van der Waals surface area contributed by atoms with Crippen molar-refractivity contribution in [3.8, 4) is 0 Å². The molecule has 0 aliphatic rings. The summed E-state index contributed by atoms with van der Waals surface area (Å²) in [7, 11) is -0.394. The van der Waals surface area contributed by atoms with Crippen LogP contribution in [0.15, 0.2) is 84.7 Å². The van der Waals surface area contributed by atoms with Gasteiger partial charge in [-0.05, 0) is 25.5 Å². The van der Waals surface area contributed by atoms with Gasteiger partial charge in [0.05, 0.1) is 0 Å². The average Bonchev–Trinajstić information content (AvgIpc) is 2.46. The van der Waals surface area contributed by atoms with E-state index in [0.29, 0.717) is 0 Å². The molecule has 0 nitrogen and oxygen atoms in total. The van der Waals surface area contributed by atoms with Gasteiger partial charge in [0.25, 0.3) is 0 Å². The molecule has 2 aromatic carbocycles. The standard InChI is InChI=1S/C17H17P/c1-2-3-10-15-18(16-11-6-4-7-12-16)17-13-8-5-9-14-17/h2-15H,1H3/b3-2+,15-10-. The summed E-state index contributed by atoms with van der Waals surface area (Å²) < 4.78 is 0. The Balaban J connectivity index is 2.35. The van der Waals surface area contributed by atoms with E-state index < -0.39 is 7.92 Å². The molecule has 1 heteroatoms. The maximum atomic E-state index is 2.31. The molecule has 0 aromatic heterocycles. The summed E-state index contributed by atoms with van der Waals surface area (Å²) in [5, 5.41) is 2.78. The molecule has 0 atom stereocenters. The van der Waals surface area contributed by atoms with Gasteiger partial charge in [0.15, 0.2) is 0 Å². The molecule has 0 bridgehead atoms. The summed E-state index contributed by atoms with van der Waals surface area (Å²) in [5.74, 6) is 2.31. The number of hydrogen-bond acceptors (Lipinski definition) is 0. The van der Waals surface area contributed by atoms with Crippen LogP contribution in [0.25, 0.3) is 0 Å². The molecule has 0 aliphatic carbocycles. The van der Waals surface area contributed by atoms with Crippen LogP contribution in [0, 0.1) is 0 Å². The van der Waals surface area contributed by atoms with Gasteiger partial charge in [0.2, 0.25) is 0 Å². The summed E-state index contributed by atoms with van der Waals surface area (Å²) in [6.07, 6.45) is 6.28. The van der Waals surface area contributed by atoms with Gasteiger partial charge in [-0.25, -0.2) is 0 Å². The van der Waals surface area contributed by atoms with Crippen LogP contribution in [0.4, 0.5) is 0 Å². The van der Waals surface area contributed by atoms with E-state index in [4.69, 9.17) is 0 Å². The minimum atomic E-state index is -0.394. The highest BCUT2D eigenvalue weighted by atomic mass is 31.1. The maximum Gasteiger partial charge on any atom is -0.0157 e. The van der Waals surface area contributed by atoms with Crippen molar-refractivity contribution >= 4 is 18.5 Å². The number of allylic oxidation sites excluding steroid dienone is 3. The van der Waals surface area contributed by atoms with Crippen molar-refractivity contribution in [2.75, 3.05) is 0 Å². The molecule has 90 valence electrons. The predicted octanol–water partition coefficient (Wildman–Crippen LogP) is 4.21. The summed E-state index contributed by atoms with van der Waals surface area (Å²) >= 11 is 0. The summed E-state index contributed by atoms with van der Waals surface area (Å²) in [4.78, 5) is 0. The summed E-state index contributed by atoms with van der Waals surface area (Å²) in [5.41, 5.74) is 0. The zero-order valence-electron chi connectivity index (χ0n) is 10.5. The molecule has 0 N–H and O–H groups in total. The first-order valence-electron chi connectivity index (χ1n) is 6.10. The Kier molecular flexibility index (Phi) is 4.93. The lowest BCUT2D eigenvalue weighted by atomic mass is 10.4. The van der Waals surface area contributed by atoms with E-state index in [2.05, 4.69) is 84.7 Å². The fraction of sp³-hybridized carbons (Fsp3) is 0.0588. The first kappa shape index (κ1) is 12.8. The first-order valence-corrected chi connectivity index (χ1v) is 7.51. The van der Waals surface area contributed by atoms with Crippen LogP contribution in [0.2, 0.25) is 0 Å². The van der Waals surface area contributed by atoms with E-state index in [-0.39, 0.29) is 0 Å². The molecular weight excluding hydrogens is 235 g/mol. The molecule has 0 saturated heterocycles. The molecule has 0 spiro atoms. The molecule has 0 radical (unpaired) electrons. The topological polar surface area (TPSA) is 0 Å². The molecule has 0 unspecified atom stereocenters. The van der Waals surface area contributed by atoms with Crippen LogP contribution in [0.3, 0.4) is 0 Å². The second-order valence-electron chi connectivity index (χ2n) is 3.91. The van der Waals surface area contributed by atoms with Crippen molar-refractivity contribution in [3.05, 3.63) is 84.7 Å². The molecular formula is C17H17P. The minimum absolute atomic E-state index is 0.394. The van der Waals surface area contributed by atoms with Gasteiger partial charge in [-0.3, -0.25) is 0 Å². The largest absolute Gasteiger partial charge is 0.0877 e. The fourth-order valence-electron chi connectivity index (χ4n) is 1.75. The molecule has 0 saturated carbocycles. The van der Waals surface area contributed by atoms with Crippen LogP contribution in [-0.2, 0) is 0 Å². The highest BCUT2D eigenvalue weighted by molar-refractivity contribution is 7.75. The van der Waals surface area contributed by atoms with Crippen molar-refractivity contribution in [3.63, 3.8) is 0 Å². The van der Waals surface area contributed by atoms with Crippen molar-refractivity contribution in [1.29, 1.82) is 0 Å². The smallest absolute Gasteiger partial charge is 0.0157 e. The molecule has 0 aliphatic heterocycles. The lowest BCUT2D eigenvalue weighted by Crippen LogP contribution is -2.09. The number of rotatable bonds is 4. The van der Waals surface area contributed by atoms with Crippen molar-refractivity contribution in [2.24, 2.45) is 0 Å². The monoisotopic (exact) mass is 252 g/mol. The molecule has 0 heterocycles. The lowest BCUT2D eigenvalue weighted by molar-refractivity contribution is 1.73. The van der Waals surface area contributed by atoms with Gasteiger partial charge in [-0.1, -0.05) is 84.7 Å². The zero-order chi connectivity index (χ0) is 12.6. The second kappa shape index (κ2) is 6.93. The van der Waals surface area contributed by atoms with E-state index in [0.717, 1.165) is 0 Å². The fourth-order valence-corrected chi connectivity index (χ4v) is 3.65. The number of hydrogen-bond donors (Lipinski definition) is 0. The van der Waals surface area contributed by atoms with Gasteiger partial charge >= 0.3 is 0 Å². The van der Waals surface area contributed by atoms with Crippen LogP contribution in [-0.4, -0.2) is 0 Å². The lowest BCUT2D eigenvalue weighted by Gasteiger charge is -2.13. The van der Waals surface area contributed by atoms with Crippen molar-refractivity contribution in [2.45, 2.75) is 6.92 Å². The Morgan fingerprint density at radius 2 is 1.22 bits per heavy atom. The van der Waals surface area contributed by atoms with Crippen LogP contribution in [0.5, 0.6) is 0 Å². The van der Waals surface area contributed by atoms with Crippen molar-refractivity contribution < 1.29 is 0 Å². The third kappa shape index (κ3) is 3.42. The molecule has 0 fully saturated rings. The third-order valence-electron chi connectivity index (χ3n) is 2.61. The van der Waals surface area contributed by atoms with E-state index in [1.165, 1.54) is 10.6 Å². The third-order valence-corrected chi connectivity index (χ3v) is 4.79. The normalized spacial score (nSPS) is 11.7. The van der Waals surface area contributed by atoms with Crippen LogP contribution < -0.4 is 10.6 Å². The Morgan fingerprint density at radius 1 is 0.722 bits per heavy atom. The maximum absolute atomic E-state index is 2.31. The van der Waals surface area contributed by atoms with E-state index >= 15 is 0 Å². The Hall–Kier alpha value is -1.65. The first-order chi connectivity index (χ1) is 8.92. The summed E-state index contributed by atoms with van der Waals surface area (Å²) in [6.45, 7) is 2.04. The van der Waals surface area contributed by atoms with E-state index in [1.54, 1.807) is 0 Å².